The number of carboxylic acid groups (broad SMARTS) is 1. The minimum atomic E-state index is -0.844. The highest BCUT2D eigenvalue weighted by molar-refractivity contribution is 5.75. The quantitative estimate of drug-likeness (QED) is 0.876. The molecule has 114 valence electrons. The van der Waals surface area contributed by atoms with Crippen molar-refractivity contribution in [1.82, 2.24) is 10.2 Å². The van der Waals surface area contributed by atoms with Gasteiger partial charge in [0.15, 0.2) is 0 Å². The zero-order chi connectivity index (χ0) is 15.1. The molecule has 21 heavy (non-hydrogen) atoms. The lowest BCUT2D eigenvalue weighted by molar-refractivity contribution is -0.137. The third kappa shape index (κ3) is 4.77. The molecule has 2 amide bonds. The molecule has 1 fully saturated rings. The van der Waals surface area contributed by atoms with Crippen LogP contribution in [0.1, 0.15) is 43.7 Å². The van der Waals surface area contributed by atoms with Gasteiger partial charge in [-0.2, -0.15) is 0 Å². The first kappa shape index (κ1) is 15.4. The van der Waals surface area contributed by atoms with Gasteiger partial charge >= 0.3 is 12.0 Å². The first-order valence-electron chi connectivity index (χ1n) is 7.49. The third-order valence-electron chi connectivity index (χ3n) is 3.79. The van der Waals surface area contributed by atoms with Gasteiger partial charge in [0.1, 0.15) is 0 Å². The smallest absolute Gasteiger partial charge is 0.317 e. The summed E-state index contributed by atoms with van der Waals surface area (Å²) >= 11 is 0. The van der Waals surface area contributed by atoms with Crippen molar-refractivity contribution in [2.24, 2.45) is 0 Å². The summed E-state index contributed by atoms with van der Waals surface area (Å²) in [5.41, 5.74) is 0.948. The molecule has 0 radical (unpaired) electrons. The van der Waals surface area contributed by atoms with E-state index in [0.717, 1.165) is 31.5 Å². The SMILES string of the molecule is O=C(O)CCC(NC(=O)N1CCCCC1)c1ccccc1. The van der Waals surface area contributed by atoms with Crippen molar-refractivity contribution >= 4 is 12.0 Å². The summed E-state index contributed by atoms with van der Waals surface area (Å²) < 4.78 is 0. The number of amides is 2. The maximum absolute atomic E-state index is 12.3. The second-order valence-corrected chi connectivity index (χ2v) is 5.39. The molecule has 1 aliphatic heterocycles. The molecule has 5 heteroatoms. The number of carbonyl (C=O) groups excluding carboxylic acids is 1. The van der Waals surface area contributed by atoms with E-state index in [1.165, 1.54) is 6.42 Å². The highest BCUT2D eigenvalue weighted by Crippen LogP contribution is 2.19. The number of urea groups is 1. The highest BCUT2D eigenvalue weighted by atomic mass is 16.4. The Balaban J connectivity index is 2.00. The average molecular weight is 290 g/mol. The predicted molar refractivity (Wildman–Crippen MR) is 80.0 cm³/mol. The van der Waals surface area contributed by atoms with E-state index in [1.807, 2.05) is 35.2 Å². The molecular weight excluding hydrogens is 268 g/mol. The number of nitrogens with one attached hydrogen (secondary N) is 1. The van der Waals surface area contributed by atoms with Crippen molar-refractivity contribution in [2.75, 3.05) is 13.1 Å². The number of hydrogen-bond donors (Lipinski definition) is 2. The minimum Gasteiger partial charge on any atom is -0.481 e. The van der Waals surface area contributed by atoms with Crippen LogP contribution in [0.3, 0.4) is 0 Å². The maximum Gasteiger partial charge on any atom is 0.317 e. The van der Waals surface area contributed by atoms with Crippen molar-refractivity contribution in [3.8, 4) is 0 Å². The van der Waals surface area contributed by atoms with Gasteiger partial charge in [-0.05, 0) is 31.2 Å². The topological polar surface area (TPSA) is 69.6 Å². The lowest BCUT2D eigenvalue weighted by Gasteiger charge is -2.29. The van der Waals surface area contributed by atoms with Gasteiger partial charge in [-0.15, -0.1) is 0 Å². The fourth-order valence-corrected chi connectivity index (χ4v) is 2.61. The number of piperidine rings is 1. The molecule has 2 N–H and O–H groups in total. The number of carboxylic acids is 1. The molecule has 1 atom stereocenters. The van der Waals surface area contributed by atoms with E-state index in [2.05, 4.69) is 5.32 Å². The van der Waals surface area contributed by atoms with E-state index in [9.17, 15) is 9.59 Å². The molecule has 1 aliphatic rings. The Morgan fingerprint density at radius 2 is 1.81 bits per heavy atom. The molecule has 1 unspecified atom stereocenters. The van der Waals surface area contributed by atoms with Crippen LogP contribution in [0.2, 0.25) is 0 Å². The summed E-state index contributed by atoms with van der Waals surface area (Å²) in [7, 11) is 0. The fourth-order valence-electron chi connectivity index (χ4n) is 2.61. The van der Waals surface area contributed by atoms with Gasteiger partial charge in [0.25, 0.3) is 0 Å². The largest absolute Gasteiger partial charge is 0.481 e. The predicted octanol–water partition coefficient (Wildman–Crippen LogP) is 2.79. The lowest BCUT2D eigenvalue weighted by atomic mass is 10.0. The lowest BCUT2D eigenvalue weighted by Crippen LogP contribution is -2.44. The summed E-state index contributed by atoms with van der Waals surface area (Å²) in [5, 5.41) is 11.9. The molecule has 1 saturated heterocycles. The summed E-state index contributed by atoms with van der Waals surface area (Å²) in [6, 6.07) is 9.20. The van der Waals surface area contributed by atoms with Crippen LogP contribution in [0.5, 0.6) is 0 Å². The van der Waals surface area contributed by atoms with Crippen molar-refractivity contribution in [3.63, 3.8) is 0 Å². The van der Waals surface area contributed by atoms with Crippen LogP contribution in [-0.4, -0.2) is 35.1 Å². The molecule has 0 saturated carbocycles. The third-order valence-corrected chi connectivity index (χ3v) is 3.79. The van der Waals surface area contributed by atoms with Crippen LogP contribution in [0.4, 0.5) is 4.79 Å². The first-order chi connectivity index (χ1) is 10.2. The molecule has 1 heterocycles. The van der Waals surface area contributed by atoms with Crippen LogP contribution in [0.25, 0.3) is 0 Å². The first-order valence-corrected chi connectivity index (χ1v) is 7.49. The van der Waals surface area contributed by atoms with E-state index >= 15 is 0 Å². The number of nitrogens with zero attached hydrogens (tertiary/aromatic N) is 1. The van der Waals surface area contributed by atoms with Crippen molar-refractivity contribution in [3.05, 3.63) is 35.9 Å². The molecule has 1 aromatic carbocycles. The molecule has 0 spiro atoms. The second-order valence-electron chi connectivity index (χ2n) is 5.39. The normalized spacial score (nSPS) is 16.3. The van der Waals surface area contributed by atoms with E-state index in [0.29, 0.717) is 6.42 Å². The molecule has 0 bridgehead atoms. The summed E-state index contributed by atoms with van der Waals surface area (Å²) in [5.74, 6) is -0.844. The van der Waals surface area contributed by atoms with E-state index in [-0.39, 0.29) is 18.5 Å². The Labute approximate surface area is 125 Å². The van der Waals surface area contributed by atoms with E-state index in [4.69, 9.17) is 5.11 Å². The zero-order valence-electron chi connectivity index (χ0n) is 12.1. The van der Waals surface area contributed by atoms with Crippen molar-refractivity contribution in [1.29, 1.82) is 0 Å². The minimum absolute atomic E-state index is 0.0415. The average Bonchev–Trinajstić information content (AvgIpc) is 2.52. The van der Waals surface area contributed by atoms with Gasteiger partial charge in [-0.1, -0.05) is 30.3 Å². The van der Waals surface area contributed by atoms with Crippen molar-refractivity contribution in [2.45, 2.75) is 38.1 Å². The molecule has 1 aromatic rings. The standard InChI is InChI=1S/C16H22N2O3/c19-15(20)10-9-14(13-7-3-1-4-8-13)17-16(21)18-11-5-2-6-12-18/h1,3-4,7-8,14H,2,5-6,9-12H2,(H,17,21)(H,19,20). The second kappa shape index (κ2) is 7.67. The summed E-state index contributed by atoms with van der Waals surface area (Å²) in [6.45, 7) is 1.57. The fraction of sp³-hybridized carbons (Fsp3) is 0.500. The van der Waals surface area contributed by atoms with E-state index < -0.39 is 5.97 Å². The number of likely N-dealkylation sites (tertiary alicyclic amines) is 1. The number of hydrogen-bond acceptors (Lipinski definition) is 2. The van der Waals surface area contributed by atoms with E-state index in [1.54, 1.807) is 0 Å². The summed E-state index contributed by atoms with van der Waals surface area (Å²) in [6.07, 6.45) is 3.70. The Morgan fingerprint density at radius 3 is 2.43 bits per heavy atom. The maximum atomic E-state index is 12.3. The van der Waals surface area contributed by atoms with Crippen LogP contribution in [-0.2, 0) is 4.79 Å². The highest BCUT2D eigenvalue weighted by Gasteiger charge is 2.21. The zero-order valence-corrected chi connectivity index (χ0v) is 12.1. The molecule has 2 rings (SSSR count). The Hall–Kier alpha value is -2.04. The molecule has 5 nitrogen and oxygen atoms in total. The van der Waals surface area contributed by atoms with Crippen LogP contribution in [0.15, 0.2) is 30.3 Å². The Kier molecular flexibility index (Phi) is 5.60. The number of rotatable bonds is 5. The Bertz CT molecular complexity index is 470. The van der Waals surface area contributed by atoms with Crippen LogP contribution < -0.4 is 5.32 Å². The van der Waals surface area contributed by atoms with Crippen LogP contribution in [0, 0.1) is 0 Å². The monoisotopic (exact) mass is 290 g/mol. The summed E-state index contributed by atoms with van der Waals surface area (Å²) in [4.78, 5) is 24.9. The molecular formula is C16H22N2O3. The molecule has 0 aliphatic carbocycles. The Morgan fingerprint density at radius 1 is 1.14 bits per heavy atom. The van der Waals surface area contributed by atoms with Crippen LogP contribution >= 0.6 is 0 Å². The molecule has 0 aromatic heterocycles. The van der Waals surface area contributed by atoms with Crippen molar-refractivity contribution < 1.29 is 14.7 Å². The number of carbonyl (C=O) groups is 2. The van der Waals surface area contributed by atoms with Gasteiger partial charge < -0.3 is 15.3 Å². The van der Waals surface area contributed by atoms with Gasteiger partial charge in [0.2, 0.25) is 0 Å². The van der Waals surface area contributed by atoms with Gasteiger partial charge in [-0.3, -0.25) is 4.79 Å². The van der Waals surface area contributed by atoms with Gasteiger partial charge in [-0.25, -0.2) is 4.79 Å². The number of benzene rings is 1. The van der Waals surface area contributed by atoms with Gasteiger partial charge in [0, 0.05) is 19.5 Å². The number of aliphatic carboxylic acids is 1. The van der Waals surface area contributed by atoms with Gasteiger partial charge in [0.05, 0.1) is 6.04 Å².